The van der Waals surface area contributed by atoms with Crippen molar-refractivity contribution < 1.29 is 5.11 Å². The summed E-state index contributed by atoms with van der Waals surface area (Å²) in [6.07, 6.45) is 0. The lowest BCUT2D eigenvalue weighted by atomic mass is 10.2. The fourth-order valence-corrected chi connectivity index (χ4v) is 1.71. The summed E-state index contributed by atoms with van der Waals surface area (Å²) in [6, 6.07) is 3.80. The molecule has 0 saturated heterocycles. The van der Waals surface area contributed by atoms with E-state index in [1.54, 1.807) is 0 Å². The summed E-state index contributed by atoms with van der Waals surface area (Å²) < 4.78 is 1.93. The number of phenolic OH excluding ortho intramolecular Hbond substituents is 1. The van der Waals surface area contributed by atoms with E-state index in [4.69, 9.17) is 5.73 Å². The Morgan fingerprint density at radius 3 is 2.55 bits per heavy atom. The van der Waals surface area contributed by atoms with E-state index in [9.17, 15) is 5.11 Å². The summed E-state index contributed by atoms with van der Waals surface area (Å²) in [6.45, 7) is 0.388. The number of hydrogen-bond donors (Lipinski definition) is 2. The molecule has 0 heterocycles. The Morgan fingerprint density at radius 2 is 2.00 bits per heavy atom. The molecule has 11 heavy (non-hydrogen) atoms. The van der Waals surface area contributed by atoms with Crippen molar-refractivity contribution in [2.24, 2.45) is 5.73 Å². The second kappa shape index (κ2) is 3.90. The Morgan fingerprint density at radius 1 is 1.36 bits per heavy atom. The molecular weight excluding hydrogens is 368 g/mol. The molecule has 0 unspecified atom stereocenters. The van der Waals surface area contributed by atoms with Crippen LogP contribution in [-0.2, 0) is 6.54 Å². The summed E-state index contributed by atoms with van der Waals surface area (Å²) in [4.78, 5) is 0. The predicted molar refractivity (Wildman–Crippen MR) is 61.4 cm³/mol. The molecule has 0 spiro atoms. The number of phenols is 1. The van der Waals surface area contributed by atoms with Crippen LogP contribution in [0.3, 0.4) is 0 Å². The molecule has 1 rings (SSSR count). The van der Waals surface area contributed by atoms with Gasteiger partial charge in [-0.1, -0.05) is 6.07 Å². The fourth-order valence-electron chi connectivity index (χ4n) is 0.745. The minimum Gasteiger partial charge on any atom is -0.506 e. The summed E-state index contributed by atoms with van der Waals surface area (Å²) in [5, 5.41) is 9.49. The molecule has 60 valence electrons. The Balaban J connectivity index is 3.25. The monoisotopic (exact) mass is 375 g/mol. The standard InChI is InChI=1S/C7H7I2NO/c8-5-2-1-4(3-10)7(11)6(5)9/h1-2,11H,3,10H2. The van der Waals surface area contributed by atoms with E-state index >= 15 is 0 Å². The van der Waals surface area contributed by atoms with Crippen LogP contribution in [-0.4, -0.2) is 5.11 Å². The largest absolute Gasteiger partial charge is 0.506 e. The number of halogens is 2. The molecule has 0 aliphatic rings. The molecule has 0 atom stereocenters. The van der Waals surface area contributed by atoms with Gasteiger partial charge in [-0.25, -0.2) is 0 Å². The van der Waals surface area contributed by atoms with Gasteiger partial charge < -0.3 is 10.8 Å². The first-order valence-electron chi connectivity index (χ1n) is 3.02. The highest BCUT2D eigenvalue weighted by Gasteiger charge is 2.06. The molecule has 0 aromatic heterocycles. The van der Waals surface area contributed by atoms with E-state index in [2.05, 4.69) is 45.2 Å². The van der Waals surface area contributed by atoms with Crippen LogP contribution in [0.5, 0.6) is 5.75 Å². The van der Waals surface area contributed by atoms with Crippen molar-refractivity contribution in [1.29, 1.82) is 0 Å². The third-order valence-corrected chi connectivity index (χ3v) is 4.40. The molecule has 1 aromatic rings. The van der Waals surface area contributed by atoms with Crippen LogP contribution in [0.4, 0.5) is 0 Å². The lowest BCUT2D eigenvalue weighted by molar-refractivity contribution is 0.464. The molecule has 4 heteroatoms. The van der Waals surface area contributed by atoms with Gasteiger partial charge in [0.1, 0.15) is 5.75 Å². The first-order chi connectivity index (χ1) is 5.16. The summed E-state index contributed by atoms with van der Waals surface area (Å²) in [5.41, 5.74) is 6.20. The zero-order valence-electron chi connectivity index (χ0n) is 5.64. The van der Waals surface area contributed by atoms with Crippen LogP contribution in [0.2, 0.25) is 0 Å². The fraction of sp³-hybridized carbons (Fsp3) is 0.143. The maximum absolute atomic E-state index is 9.49. The van der Waals surface area contributed by atoms with E-state index < -0.39 is 0 Å². The molecule has 1 aromatic carbocycles. The van der Waals surface area contributed by atoms with E-state index in [1.807, 2.05) is 12.1 Å². The van der Waals surface area contributed by atoms with Gasteiger partial charge >= 0.3 is 0 Å². The summed E-state index contributed by atoms with van der Waals surface area (Å²) >= 11 is 4.28. The second-order valence-electron chi connectivity index (χ2n) is 2.07. The highest BCUT2D eigenvalue weighted by molar-refractivity contribution is 14.1. The molecule has 0 bridgehead atoms. The van der Waals surface area contributed by atoms with Crippen molar-refractivity contribution in [3.8, 4) is 5.75 Å². The van der Waals surface area contributed by atoms with Gasteiger partial charge in [-0.15, -0.1) is 0 Å². The van der Waals surface area contributed by atoms with Gasteiger partial charge in [-0.3, -0.25) is 0 Å². The van der Waals surface area contributed by atoms with Gasteiger partial charge in [0.05, 0.1) is 3.57 Å². The van der Waals surface area contributed by atoms with Crippen LogP contribution in [0.25, 0.3) is 0 Å². The second-order valence-corrected chi connectivity index (χ2v) is 4.31. The highest BCUT2D eigenvalue weighted by atomic mass is 127. The van der Waals surface area contributed by atoms with E-state index in [0.717, 1.165) is 12.7 Å². The quantitative estimate of drug-likeness (QED) is 0.739. The summed E-state index contributed by atoms with van der Waals surface area (Å²) in [7, 11) is 0. The van der Waals surface area contributed by atoms with Crippen LogP contribution in [0.15, 0.2) is 12.1 Å². The molecule has 3 N–H and O–H groups in total. The zero-order chi connectivity index (χ0) is 8.43. The van der Waals surface area contributed by atoms with E-state index in [0.29, 0.717) is 12.3 Å². The third-order valence-electron chi connectivity index (χ3n) is 1.37. The average molecular weight is 375 g/mol. The Labute approximate surface area is 92.5 Å². The van der Waals surface area contributed by atoms with Crippen molar-refractivity contribution in [2.75, 3.05) is 0 Å². The molecule has 0 radical (unpaired) electrons. The first kappa shape index (κ1) is 9.53. The van der Waals surface area contributed by atoms with E-state index in [-0.39, 0.29) is 0 Å². The Bertz CT molecular complexity index is 275. The smallest absolute Gasteiger partial charge is 0.134 e. The van der Waals surface area contributed by atoms with Crippen LogP contribution < -0.4 is 5.73 Å². The molecule has 0 aliphatic carbocycles. The lowest BCUT2D eigenvalue weighted by Crippen LogP contribution is -1.98. The van der Waals surface area contributed by atoms with Gasteiger partial charge in [-0.2, -0.15) is 0 Å². The van der Waals surface area contributed by atoms with Gasteiger partial charge in [0.2, 0.25) is 0 Å². The molecule has 0 fully saturated rings. The number of benzene rings is 1. The molecule has 0 amide bonds. The maximum Gasteiger partial charge on any atom is 0.134 e. The zero-order valence-corrected chi connectivity index (χ0v) is 9.96. The van der Waals surface area contributed by atoms with Crippen molar-refractivity contribution in [3.05, 3.63) is 24.8 Å². The molecular formula is C7H7I2NO. The minimum absolute atomic E-state index is 0.319. The van der Waals surface area contributed by atoms with E-state index in [1.165, 1.54) is 0 Å². The van der Waals surface area contributed by atoms with Crippen molar-refractivity contribution >= 4 is 45.2 Å². The van der Waals surface area contributed by atoms with Crippen molar-refractivity contribution in [2.45, 2.75) is 6.54 Å². The summed E-state index contributed by atoms with van der Waals surface area (Å²) in [5.74, 6) is 0.319. The van der Waals surface area contributed by atoms with Gasteiger partial charge in [0.15, 0.2) is 0 Å². The third kappa shape index (κ3) is 1.97. The number of rotatable bonds is 1. The van der Waals surface area contributed by atoms with Gasteiger partial charge in [0, 0.05) is 15.7 Å². The Kier molecular flexibility index (Phi) is 3.38. The maximum atomic E-state index is 9.49. The predicted octanol–water partition coefficient (Wildman–Crippen LogP) is 2.06. The van der Waals surface area contributed by atoms with Crippen molar-refractivity contribution in [3.63, 3.8) is 0 Å². The minimum atomic E-state index is 0.319. The first-order valence-corrected chi connectivity index (χ1v) is 5.18. The topological polar surface area (TPSA) is 46.2 Å². The average Bonchev–Trinajstić information content (AvgIpc) is 2.01. The highest BCUT2D eigenvalue weighted by Crippen LogP contribution is 2.28. The molecule has 0 saturated carbocycles. The Hall–Kier alpha value is 0.440. The molecule has 0 aliphatic heterocycles. The SMILES string of the molecule is NCc1ccc(I)c(I)c1O. The molecule has 2 nitrogen and oxygen atoms in total. The lowest BCUT2D eigenvalue weighted by Gasteiger charge is -2.04. The van der Waals surface area contributed by atoms with Crippen LogP contribution >= 0.6 is 45.2 Å². The van der Waals surface area contributed by atoms with Crippen LogP contribution in [0.1, 0.15) is 5.56 Å². The number of aromatic hydroxyl groups is 1. The van der Waals surface area contributed by atoms with Crippen LogP contribution in [0, 0.1) is 7.14 Å². The number of nitrogens with two attached hydrogens (primary N) is 1. The van der Waals surface area contributed by atoms with Gasteiger partial charge in [0.25, 0.3) is 0 Å². The normalized spacial score (nSPS) is 10.1. The van der Waals surface area contributed by atoms with Crippen molar-refractivity contribution in [1.82, 2.24) is 0 Å². The number of hydrogen-bond acceptors (Lipinski definition) is 2. The van der Waals surface area contributed by atoms with Gasteiger partial charge in [-0.05, 0) is 51.2 Å².